The van der Waals surface area contributed by atoms with E-state index in [1.165, 1.54) is 11.3 Å². The molecule has 1 rings (SSSR count). The van der Waals surface area contributed by atoms with Crippen LogP contribution in [0.5, 0.6) is 0 Å². The summed E-state index contributed by atoms with van der Waals surface area (Å²) >= 11 is 6.20. The number of anilines is 1. The zero-order chi connectivity index (χ0) is 9.14. The molecule has 0 bridgehead atoms. The quantitative estimate of drug-likeness (QED) is 0.718. The van der Waals surface area contributed by atoms with Crippen LogP contribution in [0.1, 0.15) is 25.5 Å². The van der Waals surface area contributed by atoms with Gasteiger partial charge in [-0.2, -0.15) is 0 Å². The zero-order valence-electron chi connectivity index (χ0n) is 7.00. The Kier molecular flexibility index (Phi) is 2.99. The summed E-state index contributed by atoms with van der Waals surface area (Å²) < 4.78 is 0. The summed E-state index contributed by atoms with van der Waals surface area (Å²) in [4.78, 5) is 4.29. The van der Waals surface area contributed by atoms with Gasteiger partial charge in [0.25, 0.3) is 0 Å². The maximum absolute atomic E-state index is 5.30. The number of hydrogen-bond donors (Lipinski definition) is 2. The molecule has 0 amide bonds. The van der Waals surface area contributed by atoms with Crippen molar-refractivity contribution < 1.29 is 0 Å². The van der Waals surface area contributed by atoms with Crippen LogP contribution < -0.4 is 11.1 Å². The Morgan fingerprint density at radius 1 is 1.75 bits per heavy atom. The molecule has 0 saturated heterocycles. The standard InChI is InChI=1S/C7H11N3S2/c1-4(2)5-3-12-7(9-5)10-6(8)11/h3-4H,1-2H3,(H3,8,9,10,11). The lowest BCUT2D eigenvalue weighted by atomic mass is 10.2. The minimum Gasteiger partial charge on any atom is -0.376 e. The Bertz CT molecular complexity index is 280. The van der Waals surface area contributed by atoms with Gasteiger partial charge in [-0.15, -0.1) is 11.3 Å². The van der Waals surface area contributed by atoms with Crippen molar-refractivity contribution >= 4 is 33.8 Å². The Morgan fingerprint density at radius 2 is 2.42 bits per heavy atom. The van der Waals surface area contributed by atoms with E-state index in [0.717, 1.165) is 10.8 Å². The maximum Gasteiger partial charge on any atom is 0.189 e. The predicted molar refractivity (Wildman–Crippen MR) is 56.6 cm³/mol. The first-order valence-corrected chi connectivity index (χ1v) is 4.90. The summed E-state index contributed by atoms with van der Waals surface area (Å²) in [7, 11) is 0. The number of aromatic nitrogens is 1. The summed E-state index contributed by atoms with van der Waals surface area (Å²) in [6, 6.07) is 0. The molecule has 0 spiro atoms. The van der Waals surface area contributed by atoms with E-state index in [0.29, 0.717) is 5.92 Å². The normalized spacial score (nSPS) is 10.2. The molecule has 0 aromatic carbocycles. The van der Waals surface area contributed by atoms with Crippen LogP contribution in [0.25, 0.3) is 0 Å². The number of nitrogens with one attached hydrogen (secondary N) is 1. The molecule has 0 fully saturated rings. The number of nitrogens with zero attached hydrogens (tertiary/aromatic N) is 1. The van der Waals surface area contributed by atoms with E-state index in [2.05, 4.69) is 36.4 Å². The van der Waals surface area contributed by atoms with Gasteiger partial charge in [-0.3, -0.25) is 0 Å². The van der Waals surface area contributed by atoms with Crippen molar-refractivity contribution in [3.63, 3.8) is 0 Å². The molecule has 0 atom stereocenters. The number of nitrogens with two attached hydrogens (primary N) is 1. The Morgan fingerprint density at radius 3 is 2.83 bits per heavy atom. The molecule has 0 aliphatic carbocycles. The van der Waals surface area contributed by atoms with Gasteiger partial charge in [0, 0.05) is 5.38 Å². The molecule has 3 N–H and O–H groups in total. The van der Waals surface area contributed by atoms with Crippen molar-refractivity contribution in [2.75, 3.05) is 5.32 Å². The van der Waals surface area contributed by atoms with Gasteiger partial charge in [-0.05, 0) is 18.1 Å². The van der Waals surface area contributed by atoms with Crippen LogP contribution in [0, 0.1) is 0 Å². The molecule has 1 aromatic heterocycles. The minimum atomic E-state index is 0.264. The van der Waals surface area contributed by atoms with Crippen LogP contribution in [0.15, 0.2) is 5.38 Å². The van der Waals surface area contributed by atoms with Gasteiger partial charge in [0.1, 0.15) is 0 Å². The number of thiazole rings is 1. The topological polar surface area (TPSA) is 50.9 Å². The lowest BCUT2D eigenvalue weighted by molar-refractivity contribution is 0.834. The molecule has 0 aliphatic rings. The molecule has 1 heterocycles. The van der Waals surface area contributed by atoms with Gasteiger partial charge in [0.05, 0.1) is 5.69 Å². The third-order valence-electron chi connectivity index (χ3n) is 1.34. The number of hydrogen-bond acceptors (Lipinski definition) is 3. The second kappa shape index (κ2) is 3.82. The molecule has 0 unspecified atom stereocenters. The van der Waals surface area contributed by atoms with Gasteiger partial charge in [-0.1, -0.05) is 13.8 Å². The summed E-state index contributed by atoms with van der Waals surface area (Å²) in [5.41, 5.74) is 6.37. The van der Waals surface area contributed by atoms with E-state index in [-0.39, 0.29) is 5.11 Å². The molecule has 5 heteroatoms. The monoisotopic (exact) mass is 201 g/mol. The maximum atomic E-state index is 5.30. The predicted octanol–water partition coefficient (Wildman–Crippen LogP) is 1.92. The van der Waals surface area contributed by atoms with Gasteiger partial charge in [0.15, 0.2) is 10.2 Å². The fourth-order valence-electron chi connectivity index (χ4n) is 0.714. The van der Waals surface area contributed by atoms with Gasteiger partial charge >= 0.3 is 0 Å². The molecule has 3 nitrogen and oxygen atoms in total. The van der Waals surface area contributed by atoms with Gasteiger partial charge < -0.3 is 11.1 Å². The molecule has 66 valence electrons. The van der Waals surface area contributed by atoms with Crippen molar-refractivity contribution in [3.8, 4) is 0 Å². The van der Waals surface area contributed by atoms with Crippen molar-refractivity contribution in [2.24, 2.45) is 5.73 Å². The third-order valence-corrected chi connectivity index (χ3v) is 2.22. The molecule has 12 heavy (non-hydrogen) atoms. The fraction of sp³-hybridized carbons (Fsp3) is 0.429. The summed E-state index contributed by atoms with van der Waals surface area (Å²) in [5, 5.41) is 5.84. The van der Waals surface area contributed by atoms with Crippen LogP contribution >= 0.6 is 23.6 Å². The average Bonchev–Trinajstić information content (AvgIpc) is 2.34. The highest BCUT2D eigenvalue weighted by molar-refractivity contribution is 7.80. The molecule has 0 saturated carbocycles. The molecular formula is C7H11N3S2. The van der Waals surface area contributed by atoms with Gasteiger partial charge in [0.2, 0.25) is 0 Å². The van der Waals surface area contributed by atoms with E-state index in [1.54, 1.807) is 0 Å². The van der Waals surface area contributed by atoms with E-state index in [1.807, 2.05) is 5.38 Å². The van der Waals surface area contributed by atoms with Crippen LogP contribution in [0.4, 0.5) is 5.13 Å². The highest BCUT2D eigenvalue weighted by atomic mass is 32.1. The Labute approximate surface area is 81.0 Å². The summed E-state index contributed by atoms with van der Waals surface area (Å²) in [6.45, 7) is 4.19. The highest BCUT2D eigenvalue weighted by Gasteiger charge is 2.04. The zero-order valence-corrected chi connectivity index (χ0v) is 8.63. The number of thiocarbonyl (C=S) groups is 1. The molecular weight excluding hydrogens is 190 g/mol. The van der Waals surface area contributed by atoms with Crippen LogP contribution in [0.3, 0.4) is 0 Å². The minimum absolute atomic E-state index is 0.264. The Hall–Kier alpha value is -0.680. The van der Waals surface area contributed by atoms with Crippen LogP contribution in [-0.4, -0.2) is 10.1 Å². The third kappa shape index (κ3) is 2.42. The van der Waals surface area contributed by atoms with Crippen molar-refractivity contribution in [3.05, 3.63) is 11.1 Å². The van der Waals surface area contributed by atoms with Gasteiger partial charge in [-0.25, -0.2) is 4.98 Å². The molecule has 1 aromatic rings. The van der Waals surface area contributed by atoms with Crippen LogP contribution in [0.2, 0.25) is 0 Å². The summed E-state index contributed by atoms with van der Waals surface area (Å²) in [6.07, 6.45) is 0. The fourth-order valence-corrected chi connectivity index (χ4v) is 1.76. The van der Waals surface area contributed by atoms with Crippen molar-refractivity contribution in [1.82, 2.24) is 4.98 Å². The van der Waals surface area contributed by atoms with E-state index in [9.17, 15) is 0 Å². The smallest absolute Gasteiger partial charge is 0.189 e. The van der Waals surface area contributed by atoms with E-state index in [4.69, 9.17) is 5.73 Å². The Balaban J connectivity index is 2.70. The second-order valence-electron chi connectivity index (χ2n) is 2.72. The first-order chi connectivity index (χ1) is 5.59. The van der Waals surface area contributed by atoms with E-state index < -0.39 is 0 Å². The lowest BCUT2D eigenvalue weighted by Gasteiger charge is -1.98. The van der Waals surface area contributed by atoms with Crippen molar-refractivity contribution in [1.29, 1.82) is 0 Å². The largest absolute Gasteiger partial charge is 0.376 e. The second-order valence-corrected chi connectivity index (χ2v) is 4.02. The molecule has 0 radical (unpaired) electrons. The number of rotatable bonds is 2. The first-order valence-electron chi connectivity index (χ1n) is 3.61. The average molecular weight is 201 g/mol. The molecule has 0 aliphatic heterocycles. The van der Waals surface area contributed by atoms with Crippen molar-refractivity contribution in [2.45, 2.75) is 19.8 Å². The first kappa shape index (κ1) is 9.41. The highest BCUT2D eigenvalue weighted by Crippen LogP contribution is 2.20. The van der Waals surface area contributed by atoms with Crippen LogP contribution in [-0.2, 0) is 0 Å². The van der Waals surface area contributed by atoms with E-state index >= 15 is 0 Å². The summed E-state index contributed by atoms with van der Waals surface area (Å²) in [5.74, 6) is 0.447. The lowest BCUT2D eigenvalue weighted by Crippen LogP contribution is -2.18. The SMILES string of the molecule is CC(C)c1csc(NC(N)=S)n1.